The highest BCUT2D eigenvalue weighted by molar-refractivity contribution is 7.89. The van der Waals surface area contributed by atoms with E-state index in [1.165, 1.54) is 4.31 Å². The zero-order chi connectivity index (χ0) is 18.9. The van der Waals surface area contributed by atoms with E-state index in [1.807, 2.05) is 34.6 Å². The maximum absolute atomic E-state index is 13.3. The quantitative estimate of drug-likeness (QED) is 0.830. The van der Waals surface area contributed by atoms with Gasteiger partial charge in [-0.1, -0.05) is 0 Å². The van der Waals surface area contributed by atoms with Crippen LogP contribution in [0.5, 0.6) is 0 Å². The first-order valence-electron chi connectivity index (χ1n) is 8.62. The summed E-state index contributed by atoms with van der Waals surface area (Å²) in [5, 5.41) is 2.84. The second kappa shape index (κ2) is 8.69. The number of hydrogen-bond acceptors (Lipinski definition) is 4. The molecule has 1 aliphatic heterocycles. The van der Waals surface area contributed by atoms with Crippen LogP contribution in [0.2, 0.25) is 0 Å². The second-order valence-corrected chi connectivity index (χ2v) is 8.64. The van der Waals surface area contributed by atoms with Gasteiger partial charge in [-0.3, -0.25) is 4.79 Å². The summed E-state index contributed by atoms with van der Waals surface area (Å²) < 4.78 is 28.0. The summed E-state index contributed by atoms with van der Waals surface area (Å²) in [6.45, 7) is 11.6. The number of amides is 1. The van der Waals surface area contributed by atoms with Crippen molar-refractivity contribution in [3.05, 3.63) is 27.8 Å². The van der Waals surface area contributed by atoms with Crippen molar-refractivity contribution >= 4 is 28.3 Å². The van der Waals surface area contributed by atoms with Crippen LogP contribution in [0, 0.1) is 34.6 Å². The molecule has 1 aromatic rings. The van der Waals surface area contributed by atoms with Crippen LogP contribution in [0.25, 0.3) is 0 Å². The van der Waals surface area contributed by atoms with Crippen LogP contribution < -0.4 is 5.32 Å². The van der Waals surface area contributed by atoms with E-state index in [0.29, 0.717) is 31.1 Å². The van der Waals surface area contributed by atoms with Crippen LogP contribution in [-0.4, -0.2) is 63.3 Å². The second-order valence-electron chi connectivity index (χ2n) is 6.77. The lowest BCUT2D eigenvalue weighted by Gasteiger charge is -2.35. The Kier molecular flexibility index (Phi) is 7.65. The van der Waals surface area contributed by atoms with Gasteiger partial charge in [0, 0.05) is 26.2 Å². The van der Waals surface area contributed by atoms with E-state index >= 15 is 0 Å². The van der Waals surface area contributed by atoms with Crippen molar-refractivity contribution in [2.24, 2.45) is 0 Å². The smallest absolute Gasteiger partial charge is 0.243 e. The molecular weight excluding hydrogens is 374 g/mol. The Hall–Kier alpha value is -1.15. The van der Waals surface area contributed by atoms with Gasteiger partial charge in [0.15, 0.2) is 0 Å². The lowest BCUT2D eigenvalue weighted by Crippen LogP contribution is -2.52. The number of nitrogens with zero attached hydrogens (tertiary/aromatic N) is 2. The van der Waals surface area contributed by atoms with Crippen molar-refractivity contribution in [2.75, 3.05) is 39.8 Å². The van der Waals surface area contributed by atoms with Crippen molar-refractivity contribution in [3.8, 4) is 0 Å². The lowest BCUT2D eigenvalue weighted by atomic mass is 9.95. The summed E-state index contributed by atoms with van der Waals surface area (Å²) >= 11 is 0. The van der Waals surface area contributed by atoms with Crippen LogP contribution in [0.1, 0.15) is 27.8 Å². The molecule has 6 nitrogen and oxygen atoms in total. The molecule has 0 aromatic heterocycles. The third-order valence-electron chi connectivity index (χ3n) is 5.45. The first kappa shape index (κ1) is 22.9. The number of piperazine rings is 1. The molecule has 0 aliphatic carbocycles. The van der Waals surface area contributed by atoms with Gasteiger partial charge in [-0.25, -0.2) is 8.42 Å². The average Bonchev–Trinajstić information content (AvgIpc) is 2.58. The molecule has 0 radical (unpaired) electrons. The molecule has 0 unspecified atom stereocenters. The Balaban J connectivity index is 0.00000338. The minimum atomic E-state index is -3.57. The Morgan fingerprint density at radius 1 is 0.885 bits per heavy atom. The topological polar surface area (TPSA) is 69.7 Å². The highest BCUT2D eigenvalue weighted by Crippen LogP contribution is 2.31. The fourth-order valence-electron chi connectivity index (χ4n) is 3.42. The van der Waals surface area contributed by atoms with Gasteiger partial charge in [0.25, 0.3) is 0 Å². The molecule has 0 spiro atoms. The molecule has 0 bridgehead atoms. The molecule has 1 fully saturated rings. The monoisotopic (exact) mass is 403 g/mol. The third-order valence-corrected chi connectivity index (χ3v) is 7.62. The molecule has 1 aromatic carbocycles. The summed E-state index contributed by atoms with van der Waals surface area (Å²) in [4.78, 5) is 14.1. The van der Waals surface area contributed by atoms with E-state index in [2.05, 4.69) is 5.32 Å². The van der Waals surface area contributed by atoms with E-state index in [4.69, 9.17) is 0 Å². The van der Waals surface area contributed by atoms with Crippen LogP contribution >= 0.6 is 12.4 Å². The van der Waals surface area contributed by atoms with E-state index in [-0.39, 0.29) is 24.9 Å². The third kappa shape index (κ3) is 4.06. The van der Waals surface area contributed by atoms with Gasteiger partial charge >= 0.3 is 0 Å². The van der Waals surface area contributed by atoms with Crippen LogP contribution in [0.15, 0.2) is 4.90 Å². The normalized spacial score (nSPS) is 15.7. The fraction of sp³-hybridized carbons (Fsp3) is 0.611. The van der Waals surface area contributed by atoms with E-state index in [9.17, 15) is 13.2 Å². The van der Waals surface area contributed by atoms with Crippen molar-refractivity contribution in [2.45, 2.75) is 39.5 Å². The SMILES string of the molecule is CNCC(=O)N1CCN(S(=O)(=O)c2c(C)c(C)c(C)c(C)c2C)CC1.Cl. The predicted octanol–water partition coefficient (Wildman–Crippen LogP) is 1.70. The fourth-order valence-corrected chi connectivity index (χ4v) is 5.40. The average molecular weight is 404 g/mol. The minimum absolute atomic E-state index is 0. The summed E-state index contributed by atoms with van der Waals surface area (Å²) in [6.07, 6.45) is 0. The molecular formula is C18H30ClN3O3S. The Morgan fingerprint density at radius 3 is 1.73 bits per heavy atom. The number of nitrogens with one attached hydrogen (secondary N) is 1. The van der Waals surface area contributed by atoms with E-state index < -0.39 is 10.0 Å². The molecule has 1 aliphatic rings. The van der Waals surface area contributed by atoms with Gasteiger partial charge < -0.3 is 10.2 Å². The molecule has 1 N–H and O–H groups in total. The molecule has 2 rings (SSSR count). The van der Waals surface area contributed by atoms with Crippen molar-refractivity contribution in [3.63, 3.8) is 0 Å². The van der Waals surface area contributed by atoms with Crippen LogP contribution in [-0.2, 0) is 14.8 Å². The van der Waals surface area contributed by atoms with Gasteiger partial charge in [0.1, 0.15) is 0 Å². The van der Waals surface area contributed by atoms with E-state index in [1.54, 1.807) is 11.9 Å². The summed E-state index contributed by atoms with van der Waals surface area (Å²) in [7, 11) is -1.84. The largest absolute Gasteiger partial charge is 0.339 e. The molecule has 1 amide bonds. The van der Waals surface area contributed by atoms with Crippen LogP contribution in [0.3, 0.4) is 0 Å². The van der Waals surface area contributed by atoms with Gasteiger partial charge in [-0.2, -0.15) is 4.31 Å². The lowest BCUT2D eigenvalue weighted by molar-refractivity contribution is -0.131. The number of carbonyl (C=O) groups excluding carboxylic acids is 1. The molecule has 0 saturated carbocycles. The number of sulfonamides is 1. The number of hydrogen-bond donors (Lipinski definition) is 1. The zero-order valence-electron chi connectivity index (χ0n) is 16.5. The minimum Gasteiger partial charge on any atom is -0.339 e. The van der Waals surface area contributed by atoms with Gasteiger partial charge in [-0.15, -0.1) is 12.4 Å². The number of rotatable bonds is 4. The first-order chi connectivity index (χ1) is 11.6. The van der Waals surface area contributed by atoms with E-state index in [0.717, 1.165) is 27.8 Å². The molecule has 8 heteroatoms. The highest BCUT2D eigenvalue weighted by Gasteiger charge is 2.33. The van der Waals surface area contributed by atoms with Crippen molar-refractivity contribution in [1.29, 1.82) is 0 Å². The standard InChI is InChI=1S/C18H29N3O3S.ClH/c1-12-13(2)15(4)18(16(5)14(12)3)25(23,24)21-9-7-20(8-10-21)17(22)11-19-6;/h19H,7-11H2,1-6H3;1H. The number of halogens is 1. The molecule has 0 atom stereocenters. The highest BCUT2D eigenvalue weighted by atomic mass is 35.5. The molecule has 26 heavy (non-hydrogen) atoms. The van der Waals surface area contributed by atoms with Gasteiger partial charge in [0.05, 0.1) is 11.4 Å². The predicted molar refractivity (Wildman–Crippen MR) is 107 cm³/mol. The molecule has 1 heterocycles. The van der Waals surface area contributed by atoms with Gasteiger partial charge in [0.2, 0.25) is 15.9 Å². The van der Waals surface area contributed by atoms with Crippen molar-refractivity contribution in [1.82, 2.24) is 14.5 Å². The van der Waals surface area contributed by atoms with Gasteiger partial charge in [-0.05, 0) is 69.5 Å². The molecule has 1 saturated heterocycles. The summed E-state index contributed by atoms with van der Waals surface area (Å²) in [6, 6.07) is 0. The first-order valence-corrected chi connectivity index (χ1v) is 10.1. The Bertz CT molecular complexity index is 756. The number of likely N-dealkylation sites (N-methyl/N-ethyl adjacent to an activating group) is 1. The number of benzene rings is 1. The summed E-state index contributed by atoms with van der Waals surface area (Å²) in [5.41, 5.74) is 4.87. The molecule has 148 valence electrons. The maximum Gasteiger partial charge on any atom is 0.243 e. The maximum atomic E-state index is 13.3. The van der Waals surface area contributed by atoms with Crippen LogP contribution in [0.4, 0.5) is 0 Å². The zero-order valence-corrected chi connectivity index (χ0v) is 18.1. The Labute approximate surface area is 163 Å². The Morgan fingerprint density at radius 2 is 1.31 bits per heavy atom. The number of carbonyl (C=O) groups is 1. The van der Waals surface area contributed by atoms with Crippen molar-refractivity contribution < 1.29 is 13.2 Å². The summed E-state index contributed by atoms with van der Waals surface area (Å²) in [5.74, 6) is 0.00827.